The molecular formula is C24H23N5O2. The first kappa shape index (κ1) is 19.1. The third-order valence-electron chi connectivity index (χ3n) is 5.60. The summed E-state index contributed by atoms with van der Waals surface area (Å²) in [6, 6.07) is 17.9. The lowest BCUT2D eigenvalue weighted by Gasteiger charge is -2.07. The number of aryl methyl sites for hydroxylation is 1. The largest absolute Gasteiger partial charge is 0.497 e. The topological polar surface area (TPSA) is 66.5 Å². The zero-order valence-electron chi connectivity index (χ0n) is 17.7. The number of hydrogen-bond acceptors (Lipinski definition) is 5. The maximum absolute atomic E-state index is 5.85. The molecule has 156 valence electrons. The molecule has 0 aliphatic carbocycles. The van der Waals surface area contributed by atoms with E-state index in [4.69, 9.17) is 19.4 Å². The van der Waals surface area contributed by atoms with Crippen LogP contribution < -0.4 is 9.47 Å². The second kappa shape index (κ2) is 7.75. The van der Waals surface area contributed by atoms with Gasteiger partial charge in [0.25, 0.3) is 0 Å². The van der Waals surface area contributed by atoms with E-state index in [0.29, 0.717) is 5.82 Å². The van der Waals surface area contributed by atoms with Crippen LogP contribution in [0.2, 0.25) is 0 Å². The van der Waals surface area contributed by atoms with Crippen molar-refractivity contribution in [2.24, 2.45) is 0 Å². The van der Waals surface area contributed by atoms with Crippen molar-refractivity contribution in [3.63, 3.8) is 0 Å². The second-order valence-corrected chi connectivity index (χ2v) is 7.49. The van der Waals surface area contributed by atoms with Gasteiger partial charge < -0.3 is 14.0 Å². The summed E-state index contributed by atoms with van der Waals surface area (Å²) in [5, 5.41) is 5.59. The van der Waals surface area contributed by atoms with Crippen molar-refractivity contribution in [1.29, 1.82) is 0 Å². The third-order valence-corrected chi connectivity index (χ3v) is 5.60. The number of rotatable bonds is 6. The zero-order valence-corrected chi connectivity index (χ0v) is 17.7. The van der Waals surface area contributed by atoms with Crippen molar-refractivity contribution >= 4 is 16.7 Å². The fraction of sp³-hybridized carbons (Fsp3) is 0.208. The Morgan fingerprint density at radius 1 is 0.903 bits per heavy atom. The van der Waals surface area contributed by atoms with Crippen molar-refractivity contribution < 1.29 is 9.47 Å². The van der Waals surface area contributed by atoms with Crippen LogP contribution in [0.5, 0.6) is 11.5 Å². The number of ether oxygens (including phenoxy) is 2. The van der Waals surface area contributed by atoms with E-state index in [-0.39, 0.29) is 6.61 Å². The van der Waals surface area contributed by atoms with E-state index < -0.39 is 0 Å². The smallest absolute Gasteiger partial charge is 0.189 e. The normalized spacial score (nSPS) is 11.3. The molecule has 5 aromatic rings. The lowest BCUT2D eigenvalue weighted by atomic mass is 10.2. The van der Waals surface area contributed by atoms with Gasteiger partial charge in [0.2, 0.25) is 0 Å². The molecule has 0 saturated carbocycles. The molecule has 0 N–H and O–H groups in total. The molecule has 0 spiro atoms. The van der Waals surface area contributed by atoms with Gasteiger partial charge in [0, 0.05) is 12.2 Å². The van der Waals surface area contributed by atoms with Crippen molar-refractivity contribution in [1.82, 2.24) is 24.1 Å². The van der Waals surface area contributed by atoms with E-state index in [1.807, 2.05) is 30.3 Å². The Kier molecular flexibility index (Phi) is 4.78. The lowest BCUT2D eigenvalue weighted by molar-refractivity contribution is 0.295. The second-order valence-electron chi connectivity index (χ2n) is 7.49. The molecule has 0 aliphatic heterocycles. The van der Waals surface area contributed by atoms with E-state index in [2.05, 4.69) is 47.8 Å². The van der Waals surface area contributed by atoms with E-state index in [9.17, 15) is 0 Å². The van der Waals surface area contributed by atoms with E-state index in [0.717, 1.165) is 34.7 Å². The van der Waals surface area contributed by atoms with Crippen LogP contribution in [0, 0.1) is 13.8 Å². The summed E-state index contributed by atoms with van der Waals surface area (Å²) in [4.78, 5) is 9.47. The quantitative estimate of drug-likeness (QED) is 0.414. The van der Waals surface area contributed by atoms with Gasteiger partial charge in [-0.25, -0.2) is 14.5 Å². The zero-order chi connectivity index (χ0) is 21.4. The molecular weight excluding hydrogens is 390 g/mol. The van der Waals surface area contributed by atoms with Gasteiger partial charge in [0.15, 0.2) is 11.5 Å². The maximum Gasteiger partial charge on any atom is 0.189 e. The van der Waals surface area contributed by atoms with Gasteiger partial charge in [-0.2, -0.15) is 0 Å². The molecule has 0 unspecified atom stereocenters. The Bertz CT molecular complexity index is 1350. The van der Waals surface area contributed by atoms with Gasteiger partial charge in [0.1, 0.15) is 30.1 Å². The summed E-state index contributed by atoms with van der Waals surface area (Å²) in [7, 11) is 1.64. The van der Waals surface area contributed by atoms with Crippen LogP contribution in [0.25, 0.3) is 16.7 Å². The molecule has 3 heterocycles. The number of methoxy groups -OCH3 is 1. The third kappa shape index (κ3) is 3.48. The first-order valence-electron chi connectivity index (χ1n) is 10.1. The lowest BCUT2D eigenvalue weighted by Crippen LogP contribution is -2.03. The highest BCUT2D eigenvalue weighted by Gasteiger charge is 2.18. The molecule has 3 aromatic heterocycles. The molecule has 5 rings (SSSR count). The molecule has 7 heteroatoms. The van der Waals surface area contributed by atoms with Gasteiger partial charge in [-0.1, -0.05) is 30.3 Å². The summed E-state index contributed by atoms with van der Waals surface area (Å²) in [5.41, 5.74) is 5.30. The molecule has 0 aliphatic rings. The highest BCUT2D eigenvalue weighted by molar-refractivity contribution is 5.93. The van der Waals surface area contributed by atoms with E-state index >= 15 is 0 Å². The Labute approximate surface area is 179 Å². The van der Waals surface area contributed by atoms with Crippen LogP contribution in [-0.2, 0) is 13.2 Å². The summed E-state index contributed by atoms with van der Waals surface area (Å²) in [6.07, 6.45) is 1.72. The summed E-state index contributed by atoms with van der Waals surface area (Å²) >= 11 is 0. The number of fused-ring (bicyclic) bond motifs is 3. The summed E-state index contributed by atoms with van der Waals surface area (Å²) in [6.45, 7) is 5.28. The molecule has 7 nitrogen and oxygen atoms in total. The van der Waals surface area contributed by atoms with Crippen LogP contribution in [0.15, 0.2) is 60.9 Å². The van der Waals surface area contributed by atoms with Crippen LogP contribution in [-0.4, -0.2) is 31.3 Å². The van der Waals surface area contributed by atoms with Crippen molar-refractivity contribution in [3.05, 3.63) is 83.6 Å². The first-order chi connectivity index (χ1) is 15.1. The van der Waals surface area contributed by atoms with Crippen LogP contribution >= 0.6 is 0 Å². The molecule has 0 atom stereocenters. The fourth-order valence-corrected chi connectivity index (χ4v) is 3.82. The van der Waals surface area contributed by atoms with E-state index in [1.54, 1.807) is 18.0 Å². The molecule has 31 heavy (non-hydrogen) atoms. The SMILES string of the molecule is COc1ccc(OCc2nc3c4c(C)c(C)n(Cc5ccccc5)c4ncn3n2)cc1. The minimum absolute atomic E-state index is 0.276. The molecule has 0 radical (unpaired) electrons. The van der Waals surface area contributed by atoms with Crippen LogP contribution in [0.1, 0.15) is 22.6 Å². The number of nitrogens with zero attached hydrogens (tertiary/aromatic N) is 5. The Morgan fingerprint density at radius 3 is 2.39 bits per heavy atom. The number of benzene rings is 2. The maximum atomic E-state index is 5.85. The van der Waals surface area contributed by atoms with Gasteiger partial charge in [0.05, 0.1) is 12.5 Å². The predicted molar refractivity (Wildman–Crippen MR) is 119 cm³/mol. The molecule has 0 bridgehead atoms. The average molecular weight is 413 g/mol. The summed E-state index contributed by atoms with van der Waals surface area (Å²) < 4.78 is 15.0. The van der Waals surface area contributed by atoms with Crippen LogP contribution in [0.3, 0.4) is 0 Å². The molecule has 0 fully saturated rings. The first-order valence-corrected chi connectivity index (χ1v) is 10.1. The van der Waals surface area contributed by atoms with Gasteiger partial charge in [-0.15, -0.1) is 5.10 Å². The van der Waals surface area contributed by atoms with Crippen molar-refractivity contribution in [2.45, 2.75) is 27.0 Å². The van der Waals surface area contributed by atoms with Gasteiger partial charge in [-0.3, -0.25) is 0 Å². The van der Waals surface area contributed by atoms with Gasteiger partial charge >= 0.3 is 0 Å². The standard InChI is InChI=1S/C24H23N5O2/c1-16-17(2)28(13-18-7-5-4-6-8-18)23-22(16)24-26-21(27-29(24)15-25-23)14-31-20-11-9-19(30-3)10-12-20/h4-12,15H,13-14H2,1-3H3. The van der Waals surface area contributed by atoms with Crippen molar-refractivity contribution in [2.75, 3.05) is 7.11 Å². The highest BCUT2D eigenvalue weighted by Crippen LogP contribution is 2.27. The fourth-order valence-electron chi connectivity index (χ4n) is 3.82. The Morgan fingerprint density at radius 2 is 1.65 bits per heavy atom. The van der Waals surface area contributed by atoms with Crippen LogP contribution in [0.4, 0.5) is 0 Å². The predicted octanol–water partition coefficient (Wildman–Crippen LogP) is 4.33. The molecule has 0 amide bonds. The van der Waals surface area contributed by atoms with Gasteiger partial charge in [-0.05, 0) is 49.2 Å². The minimum Gasteiger partial charge on any atom is -0.497 e. The average Bonchev–Trinajstić information content (AvgIpc) is 3.33. The number of hydrogen-bond donors (Lipinski definition) is 0. The monoisotopic (exact) mass is 413 g/mol. The highest BCUT2D eigenvalue weighted by atomic mass is 16.5. The summed E-state index contributed by atoms with van der Waals surface area (Å²) in [5.74, 6) is 2.14. The number of aromatic nitrogens is 5. The minimum atomic E-state index is 0.276. The molecule has 0 saturated heterocycles. The Hall–Kier alpha value is -3.87. The van der Waals surface area contributed by atoms with E-state index in [1.165, 1.54) is 16.8 Å². The Balaban J connectivity index is 1.48. The van der Waals surface area contributed by atoms with Crippen molar-refractivity contribution in [3.8, 4) is 11.5 Å². The molecule has 2 aromatic carbocycles.